The summed E-state index contributed by atoms with van der Waals surface area (Å²) in [7, 11) is 0. The second kappa shape index (κ2) is 6.60. The van der Waals surface area contributed by atoms with Crippen LogP contribution in [0.4, 0.5) is 5.82 Å². The van der Waals surface area contributed by atoms with Crippen molar-refractivity contribution in [3.8, 4) is 0 Å². The Hall–Kier alpha value is -2.80. The van der Waals surface area contributed by atoms with E-state index in [0.717, 1.165) is 43.0 Å². The van der Waals surface area contributed by atoms with Crippen LogP contribution in [-0.2, 0) is 0 Å². The lowest BCUT2D eigenvalue weighted by Crippen LogP contribution is -2.47. The number of hydrogen-bond acceptors (Lipinski definition) is 6. The van der Waals surface area contributed by atoms with Gasteiger partial charge in [0.15, 0.2) is 0 Å². The third-order valence-electron chi connectivity index (χ3n) is 4.83. The number of anilines is 1. The highest BCUT2D eigenvalue weighted by atomic mass is 16.1. The topological polar surface area (TPSA) is 78.0 Å². The number of piperazine rings is 1. The fourth-order valence-corrected chi connectivity index (χ4v) is 3.30. The smallest absolute Gasteiger partial charge is 0.264 e. The molecule has 3 aromatic rings. The van der Waals surface area contributed by atoms with E-state index in [0.29, 0.717) is 6.04 Å². The number of aromatic nitrogens is 4. The molecule has 1 saturated heterocycles. The quantitative estimate of drug-likeness (QED) is 0.783. The SMILES string of the molecule is C[C@@H](c1ccc2nccnc2c1)N1CCN(c2ccc(=O)[nH]n2)CC1. The van der Waals surface area contributed by atoms with Gasteiger partial charge in [-0.05, 0) is 30.7 Å². The standard InChI is InChI=1S/C18H20N6O/c1-13(14-2-3-15-16(12-14)20-7-6-19-15)23-8-10-24(11-9-23)17-4-5-18(25)22-21-17/h2-7,12-13H,8-11H2,1H3,(H,22,25)/t13-/m0/s1. The Morgan fingerprint density at radius 2 is 1.76 bits per heavy atom. The van der Waals surface area contributed by atoms with Crippen LogP contribution < -0.4 is 10.5 Å². The average Bonchev–Trinajstić information content (AvgIpc) is 2.68. The lowest BCUT2D eigenvalue weighted by Gasteiger charge is -2.38. The lowest BCUT2D eigenvalue weighted by molar-refractivity contribution is 0.198. The van der Waals surface area contributed by atoms with Crippen LogP contribution in [0.5, 0.6) is 0 Å². The van der Waals surface area contributed by atoms with Gasteiger partial charge >= 0.3 is 0 Å². The van der Waals surface area contributed by atoms with Gasteiger partial charge in [-0.15, -0.1) is 0 Å². The molecule has 1 N–H and O–H groups in total. The van der Waals surface area contributed by atoms with Gasteiger partial charge in [-0.1, -0.05) is 6.07 Å². The molecule has 3 heterocycles. The van der Waals surface area contributed by atoms with Crippen LogP contribution in [0.3, 0.4) is 0 Å². The number of nitrogens with zero attached hydrogens (tertiary/aromatic N) is 5. The van der Waals surface area contributed by atoms with Crippen LogP contribution in [0.1, 0.15) is 18.5 Å². The Bertz CT molecular complexity index is 912. The Kier molecular flexibility index (Phi) is 4.15. The van der Waals surface area contributed by atoms with Crippen molar-refractivity contribution in [2.45, 2.75) is 13.0 Å². The van der Waals surface area contributed by atoms with Gasteiger partial charge in [-0.25, -0.2) is 5.10 Å². The van der Waals surface area contributed by atoms with E-state index in [1.54, 1.807) is 18.5 Å². The van der Waals surface area contributed by atoms with Gasteiger partial charge < -0.3 is 4.90 Å². The van der Waals surface area contributed by atoms with E-state index < -0.39 is 0 Å². The minimum absolute atomic E-state index is 0.171. The molecule has 1 atom stereocenters. The minimum Gasteiger partial charge on any atom is -0.353 e. The van der Waals surface area contributed by atoms with E-state index >= 15 is 0 Å². The van der Waals surface area contributed by atoms with Gasteiger partial charge in [-0.3, -0.25) is 19.7 Å². The van der Waals surface area contributed by atoms with Crippen molar-refractivity contribution in [2.24, 2.45) is 0 Å². The second-order valence-corrected chi connectivity index (χ2v) is 6.28. The van der Waals surface area contributed by atoms with Gasteiger partial charge in [0.25, 0.3) is 5.56 Å². The molecular weight excluding hydrogens is 316 g/mol. The minimum atomic E-state index is -0.171. The zero-order chi connectivity index (χ0) is 17.2. The highest BCUT2D eigenvalue weighted by Crippen LogP contribution is 2.24. The van der Waals surface area contributed by atoms with Gasteiger partial charge in [0.1, 0.15) is 5.82 Å². The molecule has 0 radical (unpaired) electrons. The summed E-state index contributed by atoms with van der Waals surface area (Å²) in [5.41, 5.74) is 2.94. The molecule has 0 spiro atoms. The number of nitrogens with one attached hydrogen (secondary N) is 1. The van der Waals surface area contributed by atoms with Crippen molar-refractivity contribution in [2.75, 3.05) is 31.1 Å². The highest BCUT2D eigenvalue weighted by Gasteiger charge is 2.23. The zero-order valence-corrected chi connectivity index (χ0v) is 14.1. The summed E-state index contributed by atoms with van der Waals surface area (Å²) >= 11 is 0. The summed E-state index contributed by atoms with van der Waals surface area (Å²) < 4.78 is 0. The highest BCUT2D eigenvalue weighted by molar-refractivity contribution is 5.74. The first-order valence-electron chi connectivity index (χ1n) is 8.46. The number of aromatic amines is 1. The van der Waals surface area contributed by atoms with Gasteiger partial charge in [0.05, 0.1) is 11.0 Å². The number of H-pyrrole nitrogens is 1. The monoisotopic (exact) mass is 336 g/mol. The molecule has 2 aromatic heterocycles. The predicted octanol–water partition coefficient (Wildman–Crippen LogP) is 1.60. The van der Waals surface area contributed by atoms with Crippen LogP contribution >= 0.6 is 0 Å². The lowest BCUT2D eigenvalue weighted by atomic mass is 10.0. The van der Waals surface area contributed by atoms with Crippen LogP contribution in [0.15, 0.2) is 47.5 Å². The van der Waals surface area contributed by atoms with E-state index in [2.05, 4.69) is 49.0 Å². The fraction of sp³-hybridized carbons (Fsp3) is 0.333. The molecule has 0 amide bonds. The average molecular weight is 336 g/mol. The van der Waals surface area contributed by atoms with Crippen LogP contribution in [-0.4, -0.2) is 51.2 Å². The van der Waals surface area contributed by atoms with Gasteiger partial charge in [0, 0.05) is 50.7 Å². The Morgan fingerprint density at radius 1 is 1.00 bits per heavy atom. The van der Waals surface area contributed by atoms with Gasteiger partial charge in [0.2, 0.25) is 0 Å². The van der Waals surface area contributed by atoms with Crippen molar-refractivity contribution in [3.63, 3.8) is 0 Å². The summed E-state index contributed by atoms with van der Waals surface area (Å²) in [6.07, 6.45) is 3.45. The summed E-state index contributed by atoms with van der Waals surface area (Å²) in [6.45, 7) is 5.89. The molecule has 0 unspecified atom stereocenters. The molecule has 1 fully saturated rings. The van der Waals surface area contributed by atoms with Crippen molar-refractivity contribution in [1.82, 2.24) is 25.1 Å². The maximum absolute atomic E-state index is 11.1. The van der Waals surface area contributed by atoms with Crippen molar-refractivity contribution in [3.05, 3.63) is 58.6 Å². The number of rotatable bonds is 3. The molecule has 0 aliphatic carbocycles. The van der Waals surface area contributed by atoms with E-state index in [4.69, 9.17) is 0 Å². The summed E-state index contributed by atoms with van der Waals surface area (Å²) in [4.78, 5) is 24.5. The first kappa shape index (κ1) is 15.7. The molecule has 0 bridgehead atoms. The molecule has 25 heavy (non-hydrogen) atoms. The largest absolute Gasteiger partial charge is 0.353 e. The molecule has 7 heteroatoms. The molecule has 7 nitrogen and oxygen atoms in total. The number of fused-ring (bicyclic) bond motifs is 1. The fourth-order valence-electron chi connectivity index (χ4n) is 3.30. The first-order chi connectivity index (χ1) is 12.2. The first-order valence-corrected chi connectivity index (χ1v) is 8.46. The molecule has 128 valence electrons. The molecular formula is C18H20N6O. The number of benzene rings is 1. The van der Waals surface area contributed by atoms with Crippen molar-refractivity contribution >= 4 is 16.9 Å². The van der Waals surface area contributed by atoms with Crippen LogP contribution in [0.2, 0.25) is 0 Å². The third-order valence-corrected chi connectivity index (χ3v) is 4.83. The molecule has 1 aromatic carbocycles. The summed E-state index contributed by atoms with van der Waals surface area (Å²) in [5, 5.41) is 6.62. The maximum atomic E-state index is 11.1. The zero-order valence-electron chi connectivity index (χ0n) is 14.1. The Morgan fingerprint density at radius 3 is 2.48 bits per heavy atom. The normalized spacial score (nSPS) is 16.9. The Labute approximate surface area is 145 Å². The van der Waals surface area contributed by atoms with Crippen LogP contribution in [0, 0.1) is 0 Å². The van der Waals surface area contributed by atoms with Crippen molar-refractivity contribution < 1.29 is 0 Å². The van der Waals surface area contributed by atoms with E-state index in [1.807, 2.05) is 6.07 Å². The summed E-state index contributed by atoms with van der Waals surface area (Å²) in [6, 6.07) is 9.92. The molecule has 1 aliphatic heterocycles. The van der Waals surface area contributed by atoms with E-state index in [1.165, 1.54) is 11.6 Å². The van der Waals surface area contributed by atoms with Crippen molar-refractivity contribution in [1.29, 1.82) is 0 Å². The maximum Gasteiger partial charge on any atom is 0.264 e. The number of hydrogen-bond donors (Lipinski definition) is 1. The van der Waals surface area contributed by atoms with Crippen LogP contribution in [0.25, 0.3) is 11.0 Å². The molecule has 0 saturated carbocycles. The Balaban J connectivity index is 1.45. The molecule has 1 aliphatic rings. The second-order valence-electron chi connectivity index (χ2n) is 6.28. The summed E-state index contributed by atoms with van der Waals surface area (Å²) in [5.74, 6) is 0.827. The molecule has 4 rings (SSSR count). The van der Waals surface area contributed by atoms with E-state index in [9.17, 15) is 4.79 Å². The van der Waals surface area contributed by atoms with E-state index in [-0.39, 0.29) is 5.56 Å². The van der Waals surface area contributed by atoms with Gasteiger partial charge in [-0.2, -0.15) is 5.10 Å². The predicted molar refractivity (Wildman–Crippen MR) is 96.6 cm³/mol. The third kappa shape index (κ3) is 3.23.